The van der Waals surface area contributed by atoms with Crippen molar-refractivity contribution in [1.82, 2.24) is 4.90 Å². The van der Waals surface area contributed by atoms with Crippen molar-refractivity contribution in [2.45, 2.75) is 6.92 Å². The van der Waals surface area contributed by atoms with Crippen LogP contribution in [0.4, 0.5) is 33.2 Å². The normalized spacial score (nSPS) is 15.5. The summed E-state index contributed by atoms with van der Waals surface area (Å²) in [5.74, 6) is -0.461. The highest BCUT2D eigenvalue weighted by molar-refractivity contribution is 6.32. The highest BCUT2D eigenvalue weighted by Crippen LogP contribution is 2.33. The maximum Gasteiger partial charge on any atom is 0.323 e. The van der Waals surface area contributed by atoms with Crippen LogP contribution < -0.4 is 26.2 Å². The molecule has 0 aliphatic carbocycles. The summed E-state index contributed by atoms with van der Waals surface area (Å²) in [5.41, 5.74) is 6.95. The van der Waals surface area contributed by atoms with Gasteiger partial charge < -0.3 is 31.1 Å². The van der Waals surface area contributed by atoms with E-state index in [-0.39, 0.29) is 11.7 Å². The monoisotopic (exact) mass is 586 g/mol. The Morgan fingerprint density at radius 2 is 1.45 bits per heavy atom. The third kappa shape index (κ3) is 6.48. The van der Waals surface area contributed by atoms with Crippen molar-refractivity contribution in [3.8, 4) is 0 Å². The number of piperazine rings is 1. The minimum Gasteiger partial charge on any atom is -0.369 e. The number of aryl methyl sites for hydroxylation is 1. The van der Waals surface area contributed by atoms with Crippen LogP contribution in [-0.4, -0.2) is 55.8 Å². The van der Waals surface area contributed by atoms with Crippen LogP contribution in [0, 0.1) is 6.92 Å². The fraction of sp³-hybridized carbons (Fsp3) is 0.171. The van der Waals surface area contributed by atoms with Gasteiger partial charge in [0.05, 0.1) is 5.57 Å². The van der Waals surface area contributed by atoms with Crippen molar-refractivity contribution in [1.29, 1.82) is 0 Å². The number of hydrogen-bond donors (Lipinski definition) is 4. The zero-order chi connectivity index (χ0) is 30.6. The smallest absolute Gasteiger partial charge is 0.323 e. The molecule has 9 nitrogen and oxygen atoms in total. The predicted octanol–water partition coefficient (Wildman–Crippen LogP) is 6.03. The zero-order valence-electron chi connectivity index (χ0n) is 24.7. The number of benzene rings is 4. The van der Waals surface area contributed by atoms with Crippen molar-refractivity contribution in [2.24, 2.45) is 0 Å². The molecule has 2 aliphatic heterocycles. The minimum absolute atomic E-state index is 0.222. The van der Waals surface area contributed by atoms with E-state index in [4.69, 9.17) is 0 Å². The summed E-state index contributed by atoms with van der Waals surface area (Å²) in [4.78, 5) is 43.4. The molecule has 222 valence electrons. The molecule has 0 bridgehead atoms. The number of urea groups is 1. The van der Waals surface area contributed by atoms with Crippen molar-refractivity contribution >= 4 is 51.7 Å². The van der Waals surface area contributed by atoms with Crippen LogP contribution in [0.5, 0.6) is 0 Å². The molecule has 4 aromatic rings. The van der Waals surface area contributed by atoms with Crippen LogP contribution in [0.25, 0.3) is 5.57 Å². The molecule has 0 atom stereocenters. The maximum atomic E-state index is 13.4. The van der Waals surface area contributed by atoms with E-state index in [1.165, 1.54) is 5.69 Å². The Morgan fingerprint density at radius 3 is 2.20 bits per heavy atom. The molecule has 0 aromatic heterocycles. The first-order valence-electron chi connectivity index (χ1n) is 14.6. The first-order chi connectivity index (χ1) is 21.3. The first-order valence-corrected chi connectivity index (χ1v) is 14.6. The number of nitrogens with zero attached hydrogens (tertiary/aromatic N) is 2. The van der Waals surface area contributed by atoms with Crippen molar-refractivity contribution < 1.29 is 14.4 Å². The lowest BCUT2D eigenvalue weighted by Crippen LogP contribution is -2.44. The molecule has 3 amide bonds. The van der Waals surface area contributed by atoms with Gasteiger partial charge in [0.25, 0.3) is 5.91 Å². The summed E-state index contributed by atoms with van der Waals surface area (Å²) < 4.78 is 0. The Balaban J connectivity index is 1.11. The van der Waals surface area contributed by atoms with E-state index in [1.807, 2.05) is 43.3 Å². The highest BCUT2D eigenvalue weighted by atomic mass is 16.2. The number of ketones is 1. The average molecular weight is 587 g/mol. The fourth-order valence-corrected chi connectivity index (χ4v) is 5.30. The van der Waals surface area contributed by atoms with Gasteiger partial charge in [0.1, 0.15) is 0 Å². The molecule has 44 heavy (non-hydrogen) atoms. The molecule has 0 radical (unpaired) electrons. The molecule has 2 aliphatic rings. The second-order valence-corrected chi connectivity index (χ2v) is 11.1. The van der Waals surface area contributed by atoms with Gasteiger partial charge in [-0.1, -0.05) is 42.0 Å². The van der Waals surface area contributed by atoms with Gasteiger partial charge in [-0.15, -0.1) is 0 Å². The van der Waals surface area contributed by atoms with E-state index in [0.29, 0.717) is 33.8 Å². The van der Waals surface area contributed by atoms with Crippen molar-refractivity contribution in [3.63, 3.8) is 0 Å². The van der Waals surface area contributed by atoms with Crippen LogP contribution in [-0.2, 0) is 4.79 Å². The molecule has 4 aromatic carbocycles. The second kappa shape index (κ2) is 12.4. The molecule has 2 heterocycles. The van der Waals surface area contributed by atoms with Crippen molar-refractivity contribution in [3.05, 3.63) is 119 Å². The Hall–Kier alpha value is -5.41. The number of carbonyl (C=O) groups excluding carboxylic acids is 3. The molecule has 0 unspecified atom stereocenters. The molecule has 9 heteroatoms. The van der Waals surface area contributed by atoms with Crippen LogP contribution in [0.15, 0.2) is 97.2 Å². The summed E-state index contributed by atoms with van der Waals surface area (Å²) in [7, 11) is 2.14. The van der Waals surface area contributed by atoms with Gasteiger partial charge >= 0.3 is 6.03 Å². The summed E-state index contributed by atoms with van der Waals surface area (Å²) in [6.45, 7) is 6.08. The first kappa shape index (κ1) is 28.7. The van der Waals surface area contributed by atoms with Gasteiger partial charge in [-0.2, -0.15) is 0 Å². The van der Waals surface area contributed by atoms with Gasteiger partial charge in [-0.25, -0.2) is 4.79 Å². The van der Waals surface area contributed by atoms with Gasteiger partial charge in [0, 0.05) is 77.5 Å². The largest absolute Gasteiger partial charge is 0.369 e. The molecule has 0 spiro atoms. The molecule has 1 saturated heterocycles. The lowest BCUT2D eigenvalue weighted by molar-refractivity contribution is -0.110. The number of carbonyl (C=O) groups is 3. The van der Waals surface area contributed by atoms with Crippen molar-refractivity contribution in [2.75, 3.05) is 59.4 Å². The predicted molar refractivity (Wildman–Crippen MR) is 177 cm³/mol. The zero-order valence-corrected chi connectivity index (χ0v) is 24.7. The number of nitrogens with one attached hydrogen (secondary N) is 4. The number of likely N-dealkylation sites (N-methyl/N-ethyl adjacent to an activating group) is 1. The van der Waals surface area contributed by atoms with E-state index in [1.54, 1.807) is 48.7 Å². The van der Waals surface area contributed by atoms with Gasteiger partial charge in [-0.3, -0.25) is 9.59 Å². The summed E-state index contributed by atoms with van der Waals surface area (Å²) in [5, 5.41) is 11.7. The minimum atomic E-state index is -0.405. The van der Waals surface area contributed by atoms with Gasteiger partial charge in [-0.05, 0) is 68.6 Å². The summed E-state index contributed by atoms with van der Waals surface area (Å²) >= 11 is 0. The van der Waals surface area contributed by atoms with E-state index >= 15 is 0 Å². The number of rotatable bonds is 7. The Kier molecular flexibility index (Phi) is 8.12. The standard InChI is InChI=1S/C35H34N6O3/c1-23-6-9-27(10-7-23)37-35(44)38-28-5-3-4-24(20-28)33(42)25-8-15-30-31(34(43)39-32(30)21-25)22-36-26-11-13-29(14-12-26)41-18-16-40(2)17-19-41/h3-15,20-22,36H,16-19H2,1-2H3,(H,39,43)(H2,37,38,44)/b31-22+. The molecule has 6 rings (SSSR count). The van der Waals surface area contributed by atoms with Crippen LogP contribution in [0.1, 0.15) is 27.0 Å². The molecule has 1 fully saturated rings. The Morgan fingerprint density at radius 1 is 0.773 bits per heavy atom. The maximum absolute atomic E-state index is 13.4. The lowest BCUT2D eigenvalue weighted by atomic mass is 9.99. The Labute approximate surface area is 256 Å². The number of hydrogen-bond acceptors (Lipinski definition) is 6. The fourth-order valence-electron chi connectivity index (χ4n) is 5.30. The summed E-state index contributed by atoms with van der Waals surface area (Å²) in [6, 6.07) is 27.2. The van der Waals surface area contributed by atoms with Crippen LogP contribution in [0.2, 0.25) is 0 Å². The van der Waals surface area contributed by atoms with E-state index in [9.17, 15) is 14.4 Å². The van der Waals surface area contributed by atoms with Crippen LogP contribution in [0.3, 0.4) is 0 Å². The summed E-state index contributed by atoms with van der Waals surface area (Å²) in [6.07, 6.45) is 1.70. The SMILES string of the molecule is Cc1ccc(NC(=O)Nc2cccc(C(=O)c3ccc4c(c3)NC(=O)/C4=C/Nc3ccc(N4CCN(C)CC4)cc3)c2)cc1. The second-order valence-electron chi connectivity index (χ2n) is 11.1. The third-order valence-electron chi connectivity index (χ3n) is 7.88. The number of anilines is 5. The van der Waals surface area contributed by atoms with E-state index in [2.05, 4.69) is 50.2 Å². The highest BCUT2D eigenvalue weighted by Gasteiger charge is 2.25. The molecule has 4 N–H and O–H groups in total. The number of amides is 3. The van der Waals surface area contributed by atoms with E-state index < -0.39 is 6.03 Å². The van der Waals surface area contributed by atoms with E-state index in [0.717, 1.165) is 43.0 Å². The van der Waals surface area contributed by atoms with Gasteiger partial charge in [0.15, 0.2) is 5.78 Å². The Bertz CT molecular complexity index is 1740. The lowest BCUT2D eigenvalue weighted by Gasteiger charge is -2.34. The van der Waals surface area contributed by atoms with Crippen LogP contribution >= 0.6 is 0 Å². The molecule has 0 saturated carbocycles. The van der Waals surface area contributed by atoms with Gasteiger partial charge in [0.2, 0.25) is 0 Å². The quantitative estimate of drug-likeness (QED) is 0.156. The molecular formula is C35H34N6O3. The number of fused-ring (bicyclic) bond motifs is 1. The molecular weight excluding hydrogens is 552 g/mol. The average Bonchev–Trinajstić information content (AvgIpc) is 3.35. The topological polar surface area (TPSA) is 106 Å². The third-order valence-corrected chi connectivity index (χ3v) is 7.88.